The molecule has 1 aliphatic rings. The molecule has 1 aliphatic carbocycles. The summed E-state index contributed by atoms with van der Waals surface area (Å²) < 4.78 is 3.10. The lowest BCUT2D eigenvalue weighted by atomic mass is 9.76. The first-order chi connectivity index (χ1) is 9.04. The van der Waals surface area contributed by atoms with Crippen LogP contribution in [0.1, 0.15) is 25.0 Å². The van der Waals surface area contributed by atoms with Crippen molar-refractivity contribution in [3.05, 3.63) is 11.9 Å². The Hall–Kier alpha value is -2.25. The van der Waals surface area contributed by atoms with Gasteiger partial charge in [-0.05, 0) is 36.6 Å². The van der Waals surface area contributed by atoms with Crippen LogP contribution in [0.25, 0.3) is 11.4 Å². The molecule has 0 atom stereocenters. The average molecular weight is 262 g/mol. The van der Waals surface area contributed by atoms with Crippen LogP contribution in [-0.2, 0) is 17.4 Å². The van der Waals surface area contributed by atoms with Crippen molar-refractivity contribution in [2.75, 3.05) is 0 Å². The zero-order chi connectivity index (χ0) is 13.6. The van der Waals surface area contributed by atoms with Crippen LogP contribution in [0.3, 0.4) is 0 Å². The molecule has 2 heterocycles. The van der Waals surface area contributed by atoms with Gasteiger partial charge in [0.25, 0.3) is 0 Å². The highest BCUT2D eigenvalue weighted by atomic mass is 16.4. The van der Waals surface area contributed by atoms with Gasteiger partial charge >= 0.3 is 5.97 Å². The molecule has 0 aliphatic heterocycles. The molecule has 8 nitrogen and oxygen atoms in total. The summed E-state index contributed by atoms with van der Waals surface area (Å²) in [5.41, 5.74) is 0.541. The number of hydrogen-bond donors (Lipinski definition) is 1. The molecule has 1 N–H and O–H groups in total. The number of aliphatic carboxylic acids is 1. The maximum Gasteiger partial charge on any atom is 0.331 e. The summed E-state index contributed by atoms with van der Waals surface area (Å²) in [6.45, 7) is 1.85. The Labute approximate surface area is 109 Å². The predicted octanol–water partition coefficient (Wildman–Crippen LogP) is 0.346. The molecule has 0 saturated heterocycles. The van der Waals surface area contributed by atoms with E-state index in [1.54, 1.807) is 17.9 Å². The lowest BCUT2D eigenvalue weighted by Gasteiger charge is -2.37. The Morgan fingerprint density at radius 1 is 1.47 bits per heavy atom. The molecule has 2 aromatic heterocycles. The van der Waals surface area contributed by atoms with Crippen LogP contribution in [0.2, 0.25) is 0 Å². The Balaban J connectivity index is 2.13. The summed E-state index contributed by atoms with van der Waals surface area (Å²) in [6, 6.07) is 0. The van der Waals surface area contributed by atoms with E-state index in [0.29, 0.717) is 18.7 Å². The van der Waals surface area contributed by atoms with Crippen LogP contribution in [0.4, 0.5) is 0 Å². The van der Waals surface area contributed by atoms with Crippen LogP contribution in [-0.4, -0.2) is 41.1 Å². The number of hydrogen-bond acceptors (Lipinski definition) is 5. The molecular weight excluding hydrogens is 248 g/mol. The van der Waals surface area contributed by atoms with Gasteiger partial charge in [-0.1, -0.05) is 0 Å². The third-order valence-electron chi connectivity index (χ3n) is 3.71. The Kier molecular flexibility index (Phi) is 2.41. The number of carbonyl (C=O) groups is 1. The first-order valence-electron chi connectivity index (χ1n) is 6.07. The standard InChI is InChI=1S/C11H14N6O2/c1-7-8(6-16(2)13-7)9-12-14-15-17(9)11(10(18)19)4-3-5-11/h6H,3-5H2,1-2H3,(H,18,19). The molecule has 19 heavy (non-hydrogen) atoms. The summed E-state index contributed by atoms with van der Waals surface area (Å²) in [5.74, 6) is -0.415. The van der Waals surface area contributed by atoms with Gasteiger partial charge < -0.3 is 5.11 Å². The monoisotopic (exact) mass is 262 g/mol. The molecule has 0 spiro atoms. The van der Waals surface area contributed by atoms with E-state index in [4.69, 9.17) is 0 Å². The van der Waals surface area contributed by atoms with Gasteiger partial charge in [-0.25, -0.2) is 9.48 Å². The zero-order valence-electron chi connectivity index (χ0n) is 10.7. The third-order valence-corrected chi connectivity index (χ3v) is 3.71. The van der Waals surface area contributed by atoms with E-state index in [2.05, 4.69) is 20.6 Å². The molecule has 100 valence electrons. The number of aryl methyl sites for hydroxylation is 2. The summed E-state index contributed by atoms with van der Waals surface area (Å²) in [5, 5.41) is 25.2. The summed E-state index contributed by atoms with van der Waals surface area (Å²) in [6.07, 6.45) is 3.78. The lowest BCUT2D eigenvalue weighted by molar-refractivity contribution is -0.153. The van der Waals surface area contributed by atoms with Gasteiger partial charge in [-0.3, -0.25) is 4.68 Å². The van der Waals surface area contributed by atoms with E-state index in [9.17, 15) is 9.90 Å². The molecule has 0 radical (unpaired) electrons. The van der Waals surface area contributed by atoms with Crippen molar-refractivity contribution in [1.82, 2.24) is 30.0 Å². The molecule has 0 amide bonds. The SMILES string of the molecule is Cc1nn(C)cc1-c1nnnn1C1(C(=O)O)CCC1. The zero-order valence-corrected chi connectivity index (χ0v) is 10.7. The second-order valence-electron chi connectivity index (χ2n) is 4.91. The van der Waals surface area contributed by atoms with Crippen LogP contribution in [0.15, 0.2) is 6.20 Å². The second kappa shape index (κ2) is 3.87. The minimum Gasteiger partial charge on any atom is -0.479 e. The van der Waals surface area contributed by atoms with Crippen LogP contribution >= 0.6 is 0 Å². The molecule has 0 bridgehead atoms. The first-order valence-corrected chi connectivity index (χ1v) is 6.07. The maximum atomic E-state index is 11.5. The van der Waals surface area contributed by atoms with Crippen LogP contribution in [0, 0.1) is 6.92 Å². The van der Waals surface area contributed by atoms with Crippen molar-refractivity contribution in [1.29, 1.82) is 0 Å². The highest BCUT2D eigenvalue weighted by Gasteiger charge is 2.49. The fourth-order valence-electron chi connectivity index (χ4n) is 2.49. The minimum absolute atomic E-state index is 0.465. The van der Waals surface area contributed by atoms with E-state index in [0.717, 1.165) is 17.7 Å². The average Bonchev–Trinajstić information content (AvgIpc) is 2.83. The van der Waals surface area contributed by atoms with Gasteiger partial charge in [-0.2, -0.15) is 5.10 Å². The number of nitrogens with zero attached hydrogens (tertiary/aromatic N) is 6. The largest absolute Gasteiger partial charge is 0.479 e. The van der Waals surface area contributed by atoms with Crippen molar-refractivity contribution < 1.29 is 9.90 Å². The van der Waals surface area contributed by atoms with Crippen molar-refractivity contribution in [2.45, 2.75) is 31.7 Å². The minimum atomic E-state index is -0.999. The number of carboxylic acids is 1. The van der Waals surface area contributed by atoms with Crippen molar-refractivity contribution in [3.63, 3.8) is 0 Å². The van der Waals surface area contributed by atoms with Crippen LogP contribution in [0.5, 0.6) is 0 Å². The third kappa shape index (κ3) is 1.56. The van der Waals surface area contributed by atoms with Gasteiger partial charge in [0.1, 0.15) is 0 Å². The van der Waals surface area contributed by atoms with E-state index in [1.807, 2.05) is 6.92 Å². The molecular formula is C11H14N6O2. The fraction of sp³-hybridized carbons (Fsp3) is 0.545. The summed E-state index contributed by atoms with van der Waals surface area (Å²) in [4.78, 5) is 11.5. The molecule has 0 aromatic carbocycles. The van der Waals surface area contributed by atoms with Crippen molar-refractivity contribution >= 4 is 5.97 Å². The number of carboxylic acid groups (broad SMARTS) is 1. The Bertz CT molecular complexity index is 639. The van der Waals surface area contributed by atoms with Crippen molar-refractivity contribution in [3.8, 4) is 11.4 Å². The van der Waals surface area contributed by atoms with Gasteiger partial charge in [0.05, 0.1) is 11.3 Å². The normalized spacial score (nSPS) is 17.2. The Morgan fingerprint density at radius 2 is 2.21 bits per heavy atom. The number of aromatic nitrogens is 6. The Morgan fingerprint density at radius 3 is 2.68 bits per heavy atom. The summed E-state index contributed by atoms with van der Waals surface area (Å²) in [7, 11) is 1.81. The summed E-state index contributed by atoms with van der Waals surface area (Å²) >= 11 is 0. The molecule has 1 saturated carbocycles. The highest BCUT2D eigenvalue weighted by molar-refractivity contribution is 5.78. The molecule has 2 aromatic rings. The van der Waals surface area contributed by atoms with Gasteiger partial charge in [0, 0.05) is 13.2 Å². The van der Waals surface area contributed by atoms with E-state index in [-0.39, 0.29) is 0 Å². The molecule has 8 heteroatoms. The van der Waals surface area contributed by atoms with Crippen molar-refractivity contribution in [2.24, 2.45) is 7.05 Å². The predicted molar refractivity (Wildman–Crippen MR) is 64.2 cm³/mol. The number of tetrazole rings is 1. The van der Waals surface area contributed by atoms with E-state index < -0.39 is 11.5 Å². The second-order valence-corrected chi connectivity index (χ2v) is 4.91. The maximum absolute atomic E-state index is 11.5. The lowest BCUT2D eigenvalue weighted by Crippen LogP contribution is -2.48. The topological polar surface area (TPSA) is 98.7 Å². The first kappa shape index (κ1) is 11.8. The fourth-order valence-corrected chi connectivity index (χ4v) is 2.49. The van der Waals surface area contributed by atoms with Gasteiger partial charge in [0.15, 0.2) is 11.4 Å². The van der Waals surface area contributed by atoms with Gasteiger partial charge in [0.2, 0.25) is 0 Å². The van der Waals surface area contributed by atoms with Crippen LogP contribution < -0.4 is 0 Å². The van der Waals surface area contributed by atoms with Gasteiger partial charge in [-0.15, -0.1) is 5.10 Å². The smallest absolute Gasteiger partial charge is 0.331 e. The molecule has 1 fully saturated rings. The molecule has 0 unspecified atom stereocenters. The number of rotatable bonds is 3. The molecule has 3 rings (SSSR count). The van der Waals surface area contributed by atoms with E-state index in [1.165, 1.54) is 4.68 Å². The van der Waals surface area contributed by atoms with E-state index >= 15 is 0 Å². The quantitative estimate of drug-likeness (QED) is 0.856. The highest BCUT2D eigenvalue weighted by Crippen LogP contribution is 2.41.